The summed E-state index contributed by atoms with van der Waals surface area (Å²) >= 11 is 0. The predicted octanol–water partition coefficient (Wildman–Crippen LogP) is 2.60. The minimum Gasteiger partial charge on any atom is -0.467 e. The van der Waals surface area contributed by atoms with Crippen molar-refractivity contribution in [3.05, 3.63) is 48.0 Å². The number of carbonyl (C=O) groups is 2. The third kappa shape index (κ3) is 3.03. The molecule has 0 fully saturated rings. The molecule has 2 rings (SSSR count). The zero-order valence-corrected chi connectivity index (χ0v) is 11.5. The van der Waals surface area contributed by atoms with E-state index in [1.165, 1.54) is 14.2 Å². The largest absolute Gasteiger partial charge is 0.467 e. The lowest BCUT2D eigenvalue weighted by molar-refractivity contribution is -0.152. The molecule has 0 unspecified atom stereocenters. The third-order valence-corrected chi connectivity index (χ3v) is 3.19. The Kier molecular flexibility index (Phi) is 4.48. The normalized spacial score (nSPS) is 12.1. The van der Waals surface area contributed by atoms with Gasteiger partial charge >= 0.3 is 5.97 Å². The molecule has 2 aromatic rings. The van der Waals surface area contributed by atoms with Crippen molar-refractivity contribution in [1.82, 2.24) is 0 Å². The van der Waals surface area contributed by atoms with Crippen LogP contribution in [0, 0.1) is 0 Å². The highest BCUT2D eigenvalue weighted by Gasteiger charge is 2.22. The molecule has 0 amide bonds. The molecule has 0 aliphatic carbocycles. The van der Waals surface area contributed by atoms with Crippen LogP contribution in [0.3, 0.4) is 0 Å². The summed E-state index contributed by atoms with van der Waals surface area (Å²) in [5, 5.41) is 2.06. The van der Waals surface area contributed by atoms with E-state index in [1.54, 1.807) is 6.07 Å². The van der Waals surface area contributed by atoms with E-state index in [4.69, 9.17) is 4.74 Å². The van der Waals surface area contributed by atoms with Crippen LogP contribution >= 0.6 is 0 Å². The number of ether oxygens (including phenoxy) is 2. The highest BCUT2D eigenvalue weighted by Crippen LogP contribution is 2.17. The third-order valence-electron chi connectivity index (χ3n) is 3.19. The lowest BCUT2D eigenvalue weighted by Gasteiger charge is -2.12. The number of esters is 1. The number of methoxy groups -OCH3 is 2. The average molecular weight is 272 g/mol. The van der Waals surface area contributed by atoms with Crippen LogP contribution in [0.1, 0.15) is 16.8 Å². The summed E-state index contributed by atoms with van der Waals surface area (Å²) in [6, 6.07) is 13.3. The van der Waals surface area contributed by atoms with Gasteiger partial charge in [0, 0.05) is 19.1 Å². The topological polar surface area (TPSA) is 52.6 Å². The van der Waals surface area contributed by atoms with Crippen molar-refractivity contribution >= 4 is 22.5 Å². The van der Waals surface area contributed by atoms with E-state index in [9.17, 15) is 9.59 Å². The number of fused-ring (bicyclic) bond motifs is 1. The molecule has 0 saturated carbocycles. The summed E-state index contributed by atoms with van der Waals surface area (Å²) in [5.74, 6) is -0.686. The zero-order chi connectivity index (χ0) is 14.5. The van der Waals surface area contributed by atoms with Gasteiger partial charge in [-0.3, -0.25) is 4.79 Å². The smallest absolute Gasteiger partial charge is 0.335 e. The fourth-order valence-corrected chi connectivity index (χ4v) is 2.04. The molecule has 0 aliphatic heterocycles. The van der Waals surface area contributed by atoms with Gasteiger partial charge in [0.15, 0.2) is 11.9 Å². The number of benzene rings is 2. The molecule has 0 radical (unpaired) electrons. The van der Waals surface area contributed by atoms with E-state index in [-0.39, 0.29) is 12.2 Å². The number of hydrogen-bond acceptors (Lipinski definition) is 4. The summed E-state index contributed by atoms with van der Waals surface area (Å²) in [6.45, 7) is 0. The van der Waals surface area contributed by atoms with Gasteiger partial charge < -0.3 is 9.47 Å². The van der Waals surface area contributed by atoms with Gasteiger partial charge in [-0.05, 0) is 16.8 Å². The number of Topliss-reactive ketones (excluding diaryl/α,β-unsaturated/α-hetero) is 1. The molecule has 4 heteroatoms. The maximum absolute atomic E-state index is 12.2. The van der Waals surface area contributed by atoms with Crippen LogP contribution in [0.4, 0.5) is 0 Å². The van der Waals surface area contributed by atoms with E-state index in [2.05, 4.69) is 4.74 Å². The highest BCUT2D eigenvalue weighted by molar-refractivity contribution is 6.01. The van der Waals surface area contributed by atoms with Crippen LogP contribution in [0.25, 0.3) is 10.8 Å². The average Bonchev–Trinajstić information content (AvgIpc) is 2.51. The predicted molar refractivity (Wildman–Crippen MR) is 75.7 cm³/mol. The fraction of sp³-hybridized carbons (Fsp3) is 0.250. The Morgan fingerprint density at radius 3 is 2.40 bits per heavy atom. The molecule has 1 atom stereocenters. The van der Waals surface area contributed by atoms with E-state index in [1.807, 2.05) is 36.4 Å². The van der Waals surface area contributed by atoms with Crippen molar-refractivity contribution in [3.8, 4) is 0 Å². The summed E-state index contributed by atoms with van der Waals surface area (Å²) < 4.78 is 9.58. The van der Waals surface area contributed by atoms with E-state index < -0.39 is 12.1 Å². The van der Waals surface area contributed by atoms with Crippen LogP contribution in [0.15, 0.2) is 42.5 Å². The second-order valence-electron chi connectivity index (χ2n) is 4.44. The molecule has 0 N–H and O–H groups in total. The maximum Gasteiger partial charge on any atom is 0.335 e. The molecule has 2 aromatic carbocycles. The lowest BCUT2D eigenvalue weighted by atomic mass is 10.0. The van der Waals surface area contributed by atoms with Crippen LogP contribution in [-0.4, -0.2) is 32.1 Å². The molecule has 0 saturated heterocycles. The van der Waals surface area contributed by atoms with Gasteiger partial charge in [0.25, 0.3) is 0 Å². The summed E-state index contributed by atoms with van der Waals surface area (Å²) in [5.41, 5.74) is 0.564. The molecule has 0 aromatic heterocycles. The maximum atomic E-state index is 12.2. The van der Waals surface area contributed by atoms with Crippen molar-refractivity contribution in [2.75, 3.05) is 14.2 Å². The van der Waals surface area contributed by atoms with Gasteiger partial charge in [-0.25, -0.2) is 4.79 Å². The number of rotatable bonds is 5. The van der Waals surface area contributed by atoms with Crippen molar-refractivity contribution in [1.29, 1.82) is 0 Å². The highest BCUT2D eigenvalue weighted by atomic mass is 16.6. The molecule has 20 heavy (non-hydrogen) atoms. The number of ketones is 1. The Hall–Kier alpha value is -2.20. The molecule has 104 valence electrons. The molecular formula is C16H16O4. The first kappa shape index (κ1) is 14.2. The van der Waals surface area contributed by atoms with Gasteiger partial charge in [0.2, 0.25) is 0 Å². The fourth-order valence-electron chi connectivity index (χ4n) is 2.04. The molecule has 0 heterocycles. The van der Waals surface area contributed by atoms with Crippen LogP contribution in [0.5, 0.6) is 0 Å². The summed E-state index contributed by atoms with van der Waals surface area (Å²) in [7, 11) is 2.66. The van der Waals surface area contributed by atoms with E-state index in [0.29, 0.717) is 5.56 Å². The van der Waals surface area contributed by atoms with E-state index >= 15 is 0 Å². The zero-order valence-electron chi connectivity index (χ0n) is 11.5. The van der Waals surface area contributed by atoms with Crippen molar-refractivity contribution < 1.29 is 19.1 Å². The first-order valence-electron chi connectivity index (χ1n) is 6.28. The van der Waals surface area contributed by atoms with Crippen molar-refractivity contribution in [2.45, 2.75) is 12.5 Å². The minimum absolute atomic E-state index is 0.0263. The lowest BCUT2D eigenvalue weighted by Crippen LogP contribution is -2.27. The SMILES string of the molecule is COC(=O)[C@H](CC(=O)c1ccc2ccccc2c1)OC. The first-order chi connectivity index (χ1) is 9.65. The van der Waals surface area contributed by atoms with Crippen LogP contribution in [0.2, 0.25) is 0 Å². The Morgan fingerprint density at radius 2 is 1.75 bits per heavy atom. The first-order valence-corrected chi connectivity index (χ1v) is 6.28. The molecule has 0 spiro atoms. The van der Waals surface area contributed by atoms with E-state index in [0.717, 1.165) is 10.8 Å². The van der Waals surface area contributed by atoms with Gasteiger partial charge in [0.05, 0.1) is 7.11 Å². The van der Waals surface area contributed by atoms with Crippen molar-refractivity contribution in [2.24, 2.45) is 0 Å². The summed E-state index contributed by atoms with van der Waals surface area (Å²) in [6.07, 6.45) is -0.888. The van der Waals surface area contributed by atoms with Crippen LogP contribution < -0.4 is 0 Å². The Balaban J connectivity index is 2.20. The molecule has 4 nitrogen and oxygen atoms in total. The second kappa shape index (κ2) is 6.30. The van der Waals surface area contributed by atoms with Crippen molar-refractivity contribution in [3.63, 3.8) is 0 Å². The Morgan fingerprint density at radius 1 is 1.05 bits per heavy atom. The minimum atomic E-state index is -0.862. The van der Waals surface area contributed by atoms with Gasteiger partial charge in [0.1, 0.15) is 0 Å². The Labute approximate surface area is 117 Å². The van der Waals surface area contributed by atoms with Gasteiger partial charge in [-0.2, -0.15) is 0 Å². The quantitative estimate of drug-likeness (QED) is 0.620. The second-order valence-corrected chi connectivity index (χ2v) is 4.44. The molecule has 0 bridgehead atoms. The standard InChI is InChI=1S/C16H16O4/c1-19-15(16(18)20-2)10-14(17)13-8-7-11-5-3-4-6-12(11)9-13/h3-9,15H,10H2,1-2H3/t15-/m0/s1. The van der Waals surface area contributed by atoms with Crippen LogP contribution in [-0.2, 0) is 14.3 Å². The Bertz CT molecular complexity index is 633. The number of hydrogen-bond donors (Lipinski definition) is 0. The molecule has 0 aliphatic rings. The van der Waals surface area contributed by atoms with Gasteiger partial charge in [-0.15, -0.1) is 0 Å². The number of carbonyl (C=O) groups excluding carboxylic acids is 2. The van der Waals surface area contributed by atoms with Gasteiger partial charge in [-0.1, -0.05) is 36.4 Å². The monoisotopic (exact) mass is 272 g/mol. The molecular weight excluding hydrogens is 256 g/mol. The summed E-state index contributed by atoms with van der Waals surface area (Å²) in [4.78, 5) is 23.6.